The smallest absolute Gasteiger partial charge is 0.268 e. The topological polar surface area (TPSA) is 107 Å². The summed E-state index contributed by atoms with van der Waals surface area (Å²) in [4.78, 5) is 29.4. The highest BCUT2D eigenvalue weighted by Gasteiger charge is 2.44. The molecule has 1 fully saturated rings. The minimum atomic E-state index is -4.03. The van der Waals surface area contributed by atoms with Gasteiger partial charge in [-0.3, -0.25) is 9.59 Å². The fourth-order valence-electron chi connectivity index (χ4n) is 4.15. The zero-order chi connectivity index (χ0) is 26.4. The lowest BCUT2D eigenvalue weighted by atomic mass is 10.1. The number of thiazole rings is 1. The van der Waals surface area contributed by atoms with Gasteiger partial charge in [-0.2, -0.15) is 0 Å². The van der Waals surface area contributed by atoms with Crippen LogP contribution in [0.5, 0.6) is 5.75 Å². The number of carbonyl (C=O) groups is 2. The first-order chi connectivity index (χ1) is 17.6. The molecule has 0 bridgehead atoms. The molecule has 2 aromatic carbocycles. The van der Waals surface area contributed by atoms with Crippen molar-refractivity contribution in [2.24, 2.45) is 5.41 Å². The van der Waals surface area contributed by atoms with Crippen LogP contribution in [0.1, 0.15) is 54.0 Å². The third kappa shape index (κ3) is 4.91. The second-order valence-electron chi connectivity index (χ2n) is 9.69. The summed E-state index contributed by atoms with van der Waals surface area (Å²) in [6.45, 7) is 5.39. The molecule has 0 spiro atoms. The molecule has 0 unspecified atom stereocenters. The Labute approximate surface area is 219 Å². The van der Waals surface area contributed by atoms with Gasteiger partial charge in [0.15, 0.2) is 5.78 Å². The minimum Gasteiger partial charge on any atom is -0.486 e. The molecule has 2 aromatic heterocycles. The molecule has 0 radical (unpaired) electrons. The lowest BCUT2D eigenvalue weighted by Gasteiger charge is -2.15. The highest BCUT2D eigenvalue weighted by atomic mass is 32.2. The van der Waals surface area contributed by atoms with Crippen LogP contribution in [-0.2, 0) is 28.0 Å². The zero-order valence-corrected chi connectivity index (χ0v) is 22.4. The van der Waals surface area contributed by atoms with Crippen LogP contribution in [0.25, 0.3) is 10.9 Å². The largest absolute Gasteiger partial charge is 0.486 e. The van der Waals surface area contributed by atoms with Gasteiger partial charge in [0, 0.05) is 22.2 Å². The van der Waals surface area contributed by atoms with E-state index >= 15 is 0 Å². The van der Waals surface area contributed by atoms with Crippen molar-refractivity contribution >= 4 is 44.0 Å². The first kappa shape index (κ1) is 25.2. The number of aromatic nitrogens is 2. The van der Waals surface area contributed by atoms with E-state index in [1.807, 2.05) is 19.2 Å². The van der Waals surface area contributed by atoms with Gasteiger partial charge in [-0.15, -0.1) is 11.3 Å². The van der Waals surface area contributed by atoms with Gasteiger partial charge in [0.2, 0.25) is 5.91 Å². The van der Waals surface area contributed by atoms with Gasteiger partial charge in [0.25, 0.3) is 10.0 Å². The van der Waals surface area contributed by atoms with Gasteiger partial charge in [-0.1, -0.05) is 24.6 Å². The number of ether oxygens (including phenoxy) is 1. The summed E-state index contributed by atoms with van der Waals surface area (Å²) < 4.78 is 35.0. The normalized spacial score (nSPS) is 14.5. The summed E-state index contributed by atoms with van der Waals surface area (Å²) in [6, 6.07) is 11.5. The number of carbonyl (C=O) groups excluding carboxylic acids is 2. The van der Waals surface area contributed by atoms with Crippen molar-refractivity contribution in [3.8, 4) is 5.75 Å². The Bertz CT molecular complexity index is 1600. The van der Waals surface area contributed by atoms with Crippen LogP contribution in [-0.4, -0.2) is 29.1 Å². The fourth-order valence-corrected chi connectivity index (χ4v) is 6.22. The van der Waals surface area contributed by atoms with Crippen molar-refractivity contribution in [2.45, 2.75) is 51.7 Å². The molecule has 0 saturated heterocycles. The van der Waals surface area contributed by atoms with E-state index in [1.165, 1.54) is 22.2 Å². The highest BCUT2D eigenvalue weighted by molar-refractivity contribution is 7.90. The van der Waals surface area contributed by atoms with E-state index in [2.05, 4.69) is 10.3 Å². The third-order valence-corrected chi connectivity index (χ3v) is 9.12. The van der Waals surface area contributed by atoms with E-state index in [0.717, 1.165) is 18.4 Å². The summed E-state index contributed by atoms with van der Waals surface area (Å²) in [6.07, 6.45) is 1.62. The number of aryl methyl sites for hydroxylation is 1. The van der Waals surface area contributed by atoms with Crippen LogP contribution >= 0.6 is 11.3 Å². The molecule has 1 N–H and O–H groups in total. The van der Waals surface area contributed by atoms with Gasteiger partial charge in [0.05, 0.1) is 39.4 Å². The summed E-state index contributed by atoms with van der Waals surface area (Å²) in [5, 5.41) is 5.31. The predicted molar refractivity (Wildman–Crippen MR) is 141 cm³/mol. The van der Waals surface area contributed by atoms with E-state index in [1.54, 1.807) is 48.0 Å². The molecular weight excluding hydrogens is 510 g/mol. The molecule has 0 atom stereocenters. The molecule has 8 nitrogen and oxygen atoms in total. The number of rotatable bonds is 9. The summed E-state index contributed by atoms with van der Waals surface area (Å²) in [7, 11) is -4.03. The Kier molecular flexibility index (Phi) is 6.41. The number of fused-ring (bicyclic) bond motifs is 1. The number of ketones is 1. The first-order valence-corrected chi connectivity index (χ1v) is 14.3. The second-order valence-corrected chi connectivity index (χ2v) is 12.2. The minimum absolute atomic E-state index is 0.0264. The van der Waals surface area contributed by atoms with Gasteiger partial charge in [-0.25, -0.2) is 17.4 Å². The second kappa shape index (κ2) is 9.42. The maximum Gasteiger partial charge on any atom is 0.268 e. The molecule has 192 valence electrons. The molecule has 1 amide bonds. The van der Waals surface area contributed by atoms with Gasteiger partial charge >= 0.3 is 0 Å². The molecule has 37 heavy (non-hydrogen) atoms. The third-order valence-electron chi connectivity index (χ3n) is 6.71. The standard InChI is InChI=1S/C27H27N3O5S2/c1-17-4-6-22(7-5-17)37(33,34)30-21(13-28-26(32)27(3)8-9-27)10-19-11-23(18(2)31)25(12-24(19)30)35-14-20-15-36-16-29-20/h4-7,10-12,15-16H,8-9,13-14H2,1-3H3,(H,28,32). The molecule has 5 rings (SSSR count). The molecule has 2 heterocycles. The van der Waals surface area contributed by atoms with Crippen molar-refractivity contribution in [2.75, 3.05) is 0 Å². The molecule has 10 heteroatoms. The number of nitrogens with zero attached hydrogens (tertiary/aromatic N) is 2. The Morgan fingerprint density at radius 3 is 2.51 bits per heavy atom. The van der Waals surface area contributed by atoms with E-state index in [0.29, 0.717) is 27.9 Å². The van der Waals surface area contributed by atoms with Gasteiger partial charge in [0.1, 0.15) is 12.4 Å². The van der Waals surface area contributed by atoms with Gasteiger partial charge in [-0.05, 0) is 51.0 Å². The molecule has 0 aliphatic heterocycles. The van der Waals surface area contributed by atoms with Crippen molar-refractivity contribution in [3.05, 3.63) is 75.9 Å². The Balaban J connectivity index is 1.63. The van der Waals surface area contributed by atoms with E-state index in [9.17, 15) is 18.0 Å². The Hall–Kier alpha value is -3.50. The van der Waals surface area contributed by atoms with E-state index in [4.69, 9.17) is 4.74 Å². The molecule has 1 aliphatic rings. The number of nitrogens with one attached hydrogen (secondary N) is 1. The van der Waals surface area contributed by atoms with Crippen LogP contribution in [0.4, 0.5) is 0 Å². The average Bonchev–Trinajstić information content (AvgIpc) is 3.26. The van der Waals surface area contributed by atoms with Crippen molar-refractivity contribution < 1.29 is 22.7 Å². The molecular formula is C27H27N3O5S2. The lowest BCUT2D eigenvalue weighted by molar-refractivity contribution is -0.125. The molecule has 4 aromatic rings. The fraction of sp³-hybridized carbons (Fsp3) is 0.296. The molecule has 1 aliphatic carbocycles. The number of benzene rings is 2. The highest BCUT2D eigenvalue weighted by Crippen LogP contribution is 2.45. The van der Waals surface area contributed by atoms with Crippen LogP contribution in [0.2, 0.25) is 0 Å². The quantitative estimate of drug-likeness (QED) is 0.306. The SMILES string of the molecule is CC(=O)c1cc2cc(CNC(=O)C3(C)CC3)n(S(=O)(=O)c3ccc(C)cc3)c2cc1OCc1cscn1. The monoisotopic (exact) mass is 537 g/mol. The number of amides is 1. The Morgan fingerprint density at radius 1 is 1.16 bits per heavy atom. The predicted octanol–water partition coefficient (Wildman–Crippen LogP) is 4.84. The van der Waals surface area contributed by atoms with Crippen LogP contribution < -0.4 is 10.1 Å². The zero-order valence-electron chi connectivity index (χ0n) is 20.8. The number of hydrogen-bond acceptors (Lipinski definition) is 7. The molecule has 1 saturated carbocycles. The lowest BCUT2D eigenvalue weighted by Crippen LogP contribution is -2.31. The van der Waals surface area contributed by atoms with Crippen molar-refractivity contribution in [1.82, 2.24) is 14.3 Å². The summed E-state index contributed by atoms with van der Waals surface area (Å²) in [5.74, 6) is -0.0397. The van der Waals surface area contributed by atoms with Gasteiger partial charge < -0.3 is 10.1 Å². The Morgan fingerprint density at radius 2 is 1.89 bits per heavy atom. The maximum absolute atomic E-state index is 13.9. The summed E-state index contributed by atoms with van der Waals surface area (Å²) >= 11 is 1.43. The van der Waals surface area contributed by atoms with Crippen LogP contribution in [0.15, 0.2) is 58.3 Å². The van der Waals surface area contributed by atoms with E-state index in [-0.39, 0.29) is 35.5 Å². The number of hydrogen-bond donors (Lipinski definition) is 1. The first-order valence-electron chi connectivity index (χ1n) is 11.9. The van der Waals surface area contributed by atoms with Crippen LogP contribution in [0, 0.1) is 12.3 Å². The van der Waals surface area contributed by atoms with Crippen molar-refractivity contribution in [3.63, 3.8) is 0 Å². The maximum atomic E-state index is 13.9. The van der Waals surface area contributed by atoms with Crippen LogP contribution in [0.3, 0.4) is 0 Å². The average molecular weight is 538 g/mol. The van der Waals surface area contributed by atoms with E-state index < -0.39 is 15.4 Å². The van der Waals surface area contributed by atoms with Crippen molar-refractivity contribution in [1.29, 1.82) is 0 Å². The summed E-state index contributed by atoms with van der Waals surface area (Å²) in [5.41, 5.74) is 4.03. The number of Topliss-reactive ketones (excluding diaryl/α,β-unsaturated/α-hetero) is 1.